The van der Waals surface area contributed by atoms with Crippen LogP contribution in [-0.4, -0.2) is 12.3 Å². The number of aliphatic imine (C=N–C) groups is 1. The van der Waals surface area contributed by atoms with Gasteiger partial charge in [0.25, 0.3) is 0 Å². The quantitative estimate of drug-likeness (QED) is 0.740. The number of allylic oxidation sites excluding steroid dienone is 2. The van der Waals surface area contributed by atoms with Crippen molar-refractivity contribution in [3.8, 4) is 0 Å². The van der Waals surface area contributed by atoms with Crippen LogP contribution < -0.4 is 5.32 Å². The van der Waals surface area contributed by atoms with Gasteiger partial charge in [0.05, 0.1) is 12.6 Å². The highest BCUT2D eigenvalue weighted by molar-refractivity contribution is 5.93. The van der Waals surface area contributed by atoms with E-state index in [2.05, 4.69) is 47.6 Å². The monoisotopic (exact) mass is 200 g/mol. The van der Waals surface area contributed by atoms with E-state index in [-0.39, 0.29) is 0 Å². The molecule has 0 bridgehead atoms. The topological polar surface area (TPSA) is 24.4 Å². The fourth-order valence-corrected chi connectivity index (χ4v) is 1.83. The highest BCUT2D eigenvalue weighted by atomic mass is 15.0. The van der Waals surface area contributed by atoms with E-state index in [0.717, 1.165) is 12.3 Å². The first-order chi connectivity index (χ1) is 7.25. The van der Waals surface area contributed by atoms with Crippen molar-refractivity contribution in [1.82, 2.24) is 5.32 Å². The normalized spacial score (nSPS) is 21.1. The molecule has 0 saturated carbocycles. The van der Waals surface area contributed by atoms with Crippen molar-refractivity contribution in [1.29, 1.82) is 0 Å². The molecule has 2 heteroatoms. The first-order valence-electron chi connectivity index (χ1n) is 5.26. The Morgan fingerprint density at radius 3 is 2.67 bits per heavy atom. The Labute approximate surface area is 90.7 Å². The zero-order valence-corrected chi connectivity index (χ0v) is 9.20. The molecule has 1 unspecified atom stereocenters. The number of benzene rings is 1. The van der Waals surface area contributed by atoms with Crippen molar-refractivity contribution < 1.29 is 0 Å². The number of rotatable bonds is 1. The molecule has 1 aromatic carbocycles. The van der Waals surface area contributed by atoms with Crippen LogP contribution in [0.15, 0.2) is 47.1 Å². The summed E-state index contributed by atoms with van der Waals surface area (Å²) in [5.41, 5.74) is 3.57. The van der Waals surface area contributed by atoms with Gasteiger partial charge in [-0.25, -0.2) is 0 Å². The largest absolute Gasteiger partial charge is 0.380 e. The highest BCUT2D eigenvalue weighted by Crippen LogP contribution is 2.16. The predicted molar refractivity (Wildman–Crippen MR) is 64.1 cm³/mol. The molecule has 0 aromatic heterocycles. The lowest BCUT2D eigenvalue weighted by atomic mass is 10.1. The van der Waals surface area contributed by atoms with Gasteiger partial charge in [-0.1, -0.05) is 30.3 Å². The second-order valence-corrected chi connectivity index (χ2v) is 3.92. The standard InChI is InChI=1S/C13H16N2/c1-10-8-11(2)15-13(9-14-10)12-6-4-3-5-7-12/h3-8,13,15H,9H2,1-2H3. The summed E-state index contributed by atoms with van der Waals surface area (Å²) in [6.07, 6.45) is 2.09. The highest BCUT2D eigenvalue weighted by Gasteiger charge is 2.12. The summed E-state index contributed by atoms with van der Waals surface area (Å²) in [4.78, 5) is 4.51. The van der Waals surface area contributed by atoms with Gasteiger partial charge in [-0.15, -0.1) is 0 Å². The van der Waals surface area contributed by atoms with Crippen LogP contribution in [0.2, 0.25) is 0 Å². The maximum atomic E-state index is 4.51. The van der Waals surface area contributed by atoms with Crippen LogP contribution in [0, 0.1) is 0 Å². The maximum absolute atomic E-state index is 4.51. The molecule has 0 aliphatic carbocycles. The van der Waals surface area contributed by atoms with E-state index in [1.54, 1.807) is 0 Å². The summed E-state index contributed by atoms with van der Waals surface area (Å²) in [5, 5.41) is 3.47. The molecule has 0 saturated heterocycles. The molecule has 1 aliphatic rings. The third-order valence-corrected chi connectivity index (χ3v) is 2.55. The Bertz CT molecular complexity index is 390. The Kier molecular flexibility index (Phi) is 2.86. The first-order valence-corrected chi connectivity index (χ1v) is 5.26. The van der Waals surface area contributed by atoms with E-state index < -0.39 is 0 Å². The fourth-order valence-electron chi connectivity index (χ4n) is 1.83. The van der Waals surface area contributed by atoms with E-state index >= 15 is 0 Å². The molecule has 2 nitrogen and oxygen atoms in total. The molecule has 0 radical (unpaired) electrons. The minimum absolute atomic E-state index is 0.305. The molecule has 1 heterocycles. The number of hydrogen-bond donors (Lipinski definition) is 1. The summed E-state index contributed by atoms with van der Waals surface area (Å²) < 4.78 is 0. The second kappa shape index (κ2) is 4.30. The van der Waals surface area contributed by atoms with Crippen LogP contribution in [0.25, 0.3) is 0 Å². The molecule has 1 atom stereocenters. The van der Waals surface area contributed by atoms with E-state index in [4.69, 9.17) is 0 Å². The number of nitrogens with zero attached hydrogens (tertiary/aromatic N) is 1. The molecule has 15 heavy (non-hydrogen) atoms. The second-order valence-electron chi connectivity index (χ2n) is 3.92. The van der Waals surface area contributed by atoms with Gasteiger partial charge in [0.1, 0.15) is 0 Å². The molecular weight excluding hydrogens is 184 g/mol. The molecule has 0 fully saturated rings. The molecule has 2 rings (SSSR count). The number of hydrogen-bond acceptors (Lipinski definition) is 2. The van der Waals surface area contributed by atoms with E-state index in [1.807, 2.05) is 13.0 Å². The zero-order chi connectivity index (χ0) is 10.7. The average molecular weight is 200 g/mol. The van der Waals surface area contributed by atoms with E-state index in [9.17, 15) is 0 Å². The molecule has 78 valence electrons. The number of nitrogens with one attached hydrogen (secondary N) is 1. The third-order valence-electron chi connectivity index (χ3n) is 2.55. The summed E-state index contributed by atoms with van der Waals surface area (Å²) in [6, 6.07) is 10.8. The Morgan fingerprint density at radius 1 is 1.20 bits per heavy atom. The Hall–Kier alpha value is -1.57. The lowest BCUT2D eigenvalue weighted by molar-refractivity contribution is 0.615. The minimum atomic E-state index is 0.305. The first kappa shape index (κ1) is 9.97. The molecule has 0 amide bonds. The summed E-state index contributed by atoms with van der Waals surface area (Å²) >= 11 is 0. The van der Waals surface area contributed by atoms with Gasteiger partial charge >= 0.3 is 0 Å². The maximum Gasteiger partial charge on any atom is 0.0706 e. The van der Waals surface area contributed by atoms with Crippen molar-refractivity contribution >= 4 is 5.71 Å². The van der Waals surface area contributed by atoms with Crippen molar-refractivity contribution in [3.05, 3.63) is 47.7 Å². The molecule has 0 spiro atoms. The van der Waals surface area contributed by atoms with Crippen LogP contribution in [0.1, 0.15) is 25.5 Å². The van der Waals surface area contributed by atoms with Crippen LogP contribution >= 0.6 is 0 Å². The van der Waals surface area contributed by atoms with Crippen LogP contribution in [0.3, 0.4) is 0 Å². The van der Waals surface area contributed by atoms with Crippen molar-refractivity contribution in [2.45, 2.75) is 19.9 Å². The summed E-state index contributed by atoms with van der Waals surface area (Å²) in [6.45, 7) is 4.93. The molecule has 1 aliphatic heterocycles. The zero-order valence-electron chi connectivity index (χ0n) is 9.20. The van der Waals surface area contributed by atoms with Crippen LogP contribution in [0.4, 0.5) is 0 Å². The van der Waals surface area contributed by atoms with E-state index in [0.29, 0.717) is 6.04 Å². The average Bonchev–Trinajstić information content (AvgIpc) is 2.41. The fraction of sp³-hybridized carbons (Fsp3) is 0.308. The SMILES string of the molecule is CC1=CC(C)=NCC(c2ccccc2)N1. The smallest absolute Gasteiger partial charge is 0.0706 e. The molecule has 1 N–H and O–H groups in total. The van der Waals surface area contributed by atoms with Gasteiger partial charge < -0.3 is 5.32 Å². The summed E-state index contributed by atoms with van der Waals surface area (Å²) in [7, 11) is 0. The predicted octanol–water partition coefficient (Wildman–Crippen LogP) is 2.70. The van der Waals surface area contributed by atoms with Crippen molar-refractivity contribution in [3.63, 3.8) is 0 Å². The van der Waals surface area contributed by atoms with Crippen LogP contribution in [-0.2, 0) is 0 Å². The van der Waals surface area contributed by atoms with Gasteiger partial charge in [0, 0.05) is 11.4 Å². The van der Waals surface area contributed by atoms with Crippen LogP contribution in [0.5, 0.6) is 0 Å². The Morgan fingerprint density at radius 2 is 1.93 bits per heavy atom. The van der Waals surface area contributed by atoms with Gasteiger partial charge in [-0.05, 0) is 25.5 Å². The van der Waals surface area contributed by atoms with Crippen molar-refractivity contribution in [2.75, 3.05) is 6.54 Å². The molecular formula is C13H16N2. The van der Waals surface area contributed by atoms with Gasteiger partial charge in [-0.2, -0.15) is 0 Å². The van der Waals surface area contributed by atoms with Crippen molar-refractivity contribution in [2.24, 2.45) is 4.99 Å². The van der Waals surface area contributed by atoms with Gasteiger partial charge in [0.15, 0.2) is 0 Å². The summed E-state index contributed by atoms with van der Waals surface area (Å²) in [5.74, 6) is 0. The third kappa shape index (κ3) is 2.46. The molecule has 1 aromatic rings. The van der Waals surface area contributed by atoms with Gasteiger partial charge in [0.2, 0.25) is 0 Å². The van der Waals surface area contributed by atoms with E-state index in [1.165, 1.54) is 11.3 Å². The Balaban J connectivity index is 2.23. The van der Waals surface area contributed by atoms with Gasteiger partial charge in [-0.3, -0.25) is 4.99 Å². The lowest BCUT2D eigenvalue weighted by Gasteiger charge is -2.17. The lowest BCUT2D eigenvalue weighted by Crippen LogP contribution is -2.20. The minimum Gasteiger partial charge on any atom is -0.380 e.